The van der Waals surface area contributed by atoms with Crippen molar-refractivity contribution >= 4 is 80.4 Å². The van der Waals surface area contributed by atoms with Crippen LogP contribution in [-0.4, -0.2) is 39.0 Å². The number of thiophene rings is 5. The molecule has 216 valence electrons. The van der Waals surface area contributed by atoms with Gasteiger partial charge in [-0.1, -0.05) is 6.92 Å². The molecule has 0 saturated heterocycles. The molecule has 5 aromatic rings. The summed E-state index contributed by atoms with van der Waals surface area (Å²) in [6.07, 6.45) is 0.671. The van der Waals surface area contributed by atoms with Gasteiger partial charge in [0.1, 0.15) is 4.88 Å². The van der Waals surface area contributed by atoms with E-state index < -0.39 is 23.8 Å². The van der Waals surface area contributed by atoms with E-state index in [-0.39, 0.29) is 17.1 Å². The van der Waals surface area contributed by atoms with Gasteiger partial charge in [-0.2, -0.15) is 0 Å². The lowest BCUT2D eigenvalue weighted by Crippen LogP contribution is -2.12. The summed E-state index contributed by atoms with van der Waals surface area (Å²) in [6.45, 7) is 3.22. The zero-order valence-electron chi connectivity index (χ0n) is 22.3. The molecule has 0 aliphatic heterocycles. The molecule has 42 heavy (non-hydrogen) atoms. The summed E-state index contributed by atoms with van der Waals surface area (Å²) in [5.74, 6) is -3.33. The number of aryl methyl sites for hydroxylation is 1. The number of carbonyl (C=O) groups excluding carboxylic acids is 1. The molecule has 5 rings (SSSR count). The van der Waals surface area contributed by atoms with E-state index in [9.17, 15) is 34.5 Å². The van der Waals surface area contributed by atoms with Crippen molar-refractivity contribution < 1.29 is 34.5 Å². The molecule has 0 aliphatic rings. The Hall–Kier alpha value is -3.42. The SMILES string of the molecule is CC(=O)c1ccc(-c2cc(CC(C)C(=O)O)c(-c3ccc(-c4sc(-c5ccc(C(=O)O)s5)cc4CCC(=O)O)s3)s2)s1. The number of hydrogen-bond acceptors (Lipinski definition) is 9. The number of aliphatic carboxylic acids is 2. The maximum absolute atomic E-state index is 11.9. The van der Waals surface area contributed by atoms with Crippen LogP contribution in [0.1, 0.15) is 50.7 Å². The van der Waals surface area contributed by atoms with Gasteiger partial charge in [0.2, 0.25) is 0 Å². The maximum Gasteiger partial charge on any atom is 0.345 e. The van der Waals surface area contributed by atoms with Crippen molar-refractivity contribution in [3.63, 3.8) is 0 Å². The fraction of sp³-hybridized carbons (Fsp3) is 0.200. The molecule has 7 nitrogen and oxygen atoms in total. The average Bonchev–Trinajstić information content (AvgIpc) is 3.75. The minimum atomic E-state index is -0.986. The van der Waals surface area contributed by atoms with Gasteiger partial charge < -0.3 is 15.3 Å². The van der Waals surface area contributed by atoms with Gasteiger partial charge in [0, 0.05) is 45.4 Å². The van der Waals surface area contributed by atoms with E-state index >= 15 is 0 Å². The molecule has 0 bridgehead atoms. The lowest BCUT2D eigenvalue weighted by molar-refractivity contribution is -0.141. The van der Waals surface area contributed by atoms with Crippen LogP contribution in [0.4, 0.5) is 0 Å². The second-order valence-corrected chi connectivity index (χ2v) is 15.0. The molecule has 0 aliphatic carbocycles. The van der Waals surface area contributed by atoms with Gasteiger partial charge in [-0.3, -0.25) is 14.4 Å². The molecule has 3 N–H and O–H groups in total. The van der Waals surface area contributed by atoms with Crippen molar-refractivity contribution in [3.05, 3.63) is 69.4 Å². The van der Waals surface area contributed by atoms with Crippen molar-refractivity contribution in [2.45, 2.75) is 33.1 Å². The van der Waals surface area contributed by atoms with Gasteiger partial charge in [0.15, 0.2) is 5.78 Å². The highest BCUT2D eigenvalue weighted by molar-refractivity contribution is 7.30. The first-order valence-electron chi connectivity index (χ1n) is 12.8. The third-order valence-electron chi connectivity index (χ3n) is 6.48. The lowest BCUT2D eigenvalue weighted by Gasteiger charge is -2.06. The van der Waals surface area contributed by atoms with Gasteiger partial charge in [-0.25, -0.2) is 4.79 Å². The van der Waals surface area contributed by atoms with Crippen molar-refractivity contribution in [2.75, 3.05) is 0 Å². The second-order valence-electron chi connectivity index (χ2n) is 9.62. The molecular formula is C30H24O7S5. The first-order chi connectivity index (χ1) is 20.0. The standard InChI is InChI=1S/C30H24O7S5/c1-14(29(34)35)11-17-13-25(19-5-4-18(38-19)15(2)31)42-28(17)22-8-7-21(40-22)27-16(3-10-26(32)33)12-24(41-27)20-6-9-23(39-20)30(36)37/h4-9,12-14H,3,10-11H2,1-2H3,(H,32,33)(H,34,35)(H,36,37). The van der Waals surface area contributed by atoms with Crippen LogP contribution in [0.5, 0.6) is 0 Å². The Labute approximate surface area is 261 Å². The molecule has 0 fully saturated rings. The van der Waals surface area contributed by atoms with Crippen LogP contribution < -0.4 is 0 Å². The Morgan fingerprint density at radius 2 is 1.19 bits per heavy atom. The predicted octanol–water partition coefficient (Wildman–Crippen LogP) is 8.84. The van der Waals surface area contributed by atoms with Crippen molar-refractivity contribution in [3.8, 4) is 39.0 Å². The molecule has 5 heterocycles. The molecule has 12 heteroatoms. The van der Waals surface area contributed by atoms with Crippen molar-refractivity contribution in [1.29, 1.82) is 0 Å². The molecular weight excluding hydrogens is 633 g/mol. The van der Waals surface area contributed by atoms with E-state index in [1.54, 1.807) is 41.7 Å². The summed E-state index contributed by atoms with van der Waals surface area (Å²) >= 11 is 7.24. The fourth-order valence-electron chi connectivity index (χ4n) is 4.34. The highest BCUT2D eigenvalue weighted by atomic mass is 32.1. The van der Waals surface area contributed by atoms with Crippen LogP contribution in [0.25, 0.3) is 39.0 Å². The number of rotatable bonds is 12. The Morgan fingerprint density at radius 1 is 0.667 bits per heavy atom. The zero-order chi connectivity index (χ0) is 30.1. The van der Waals surface area contributed by atoms with Crippen LogP contribution in [0.2, 0.25) is 0 Å². The summed E-state index contributed by atoms with van der Waals surface area (Å²) in [6, 6.07) is 15.1. The number of carbonyl (C=O) groups is 4. The molecule has 0 saturated carbocycles. The topological polar surface area (TPSA) is 129 Å². The Morgan fingerprint density at radius 3 is 1.69 bits per heavy atom. The highest BCUT2D eigenvalue weighted by Gasteiger charge is 2.22. The van der Waals surface area contributed by atoms with E-state index in [0.717, 1.165) is 50.1 Å². The van der Waals surface area contributed by atoms with Gasteiger partial charge >= 0.3 is 17.9 Å². The normalized spacial score (nSPS) is 12.0. The second kappa shape index (κ2) is 12.4. The smallest absolute Gasteiger partial charge is 0.345 e. The van der Waals surface area contributed by atoms with E-state index in [1.165, 1.54) is 40.9 Å². The minimum Gasteiger partial charge on any atom is -0.481 e. The Bertz CT molecular complexity index is 1810. The van der Waals surface area contributed by atoms with Gasteiger partial charge in [0.25, 0.3) is 0 Å². The third kappa shape index (κ3) is 6.47. The molecule has 5 aromatic heterocycles. The summed E-state index contributed by atoms with van der Waals surface area (Å²) in [4.78, 5) is 54.7. The number of Topliss-reactive ketones (excluding diaryl/α,β-unsaturated/α-hetero) is 1. The molecule has 0 aromatic carbocycles. The van der Waals surface area contributed by atoms with Crippen LogP contribution in [0.3, 0.4) is 0 Å². The van der Waals surface area contributed by atoms with Crippen LogP contribution in [0, 0.1) is 5.92 Å². The monoisotopic (exact) mass is 656 g/mol. The molecule has 0 amide bonds. The highest BCUT2D eigenvalue weighted by Crippen LogP contribution is 2.48. The largest absolute Gasteiger partial charge is 0.481 e. The molecule has 1 atom stereocenters. The Kier molecular flexibility index (Phi) is 8.90. The van der Waals surface area contributed by atoms with Crippen LogP contribution in [0.15, 0.2) is 48.5 Å². The molecule has 0 radical (unpaired) electrons. The van der Waals surface area contributed by atoms with E-state index in [4.69, 9.17) is 0 Å². The van der Waals surface area contributed by atoms with Crippen molar-refractivity contribution in [1.82, 2.24) is 0 Å². The predicted molar refractivity (Wildman–Crippen MR) is 171 cm³/mol. The lowest BCUT2D eigenvalue weighted by atomic mass is 10.0. The first kappa shape index (κ1) is 30.1. The molecule has 1 unspecified atom stereocenters. The number of aromatic carboxylic acids is 1. The summed E-state index contributed by atoms with van der Waals surface area (Å²) in [5.41, 5.74) is 1.81. The fourth-order valence-corrected chi connectivity index (χ4v) is 9.95. The first-order valence-corrected chi connectivity index (χ1v) is 16.8. The van der Waals surface area contributed by atoms with E-state index in [0.29, 0.717) is 17.7 Å². The summed E-state index contributed by atoms with van der Waals surface area (Å²) in [7, 11) is 0. The van der Waals surface area contributed by atoms with Gasteiger partial charge in [0.05, 0.1) is 10.8 Å². The Balaban J connectivity index is 1.55. The van der Waals surface area contributed by atoms with Gasteiger partial charge in [-0.15, -0.1) is 56.7 Å². The van der Waals surface area contributed by atoms with Crippen LogP contribution >= 0.6 is 56.7 Å². The number of carboxylic acids is 3. The number of carboxylic acid groups (broad SMARTS) is 3. The van der Waals surface area contributed by atoms with Crippen LogP contribution in [-0.2, 0) is 22.4 Å². The summed E-state index contributed by atoms with van der Waals surface area (Å²) in [5, 5.41) is 28.3. The molecule has 0 spiro atoms. The maximum atomic E-state index is 11.9. The minimum absolute atomic E-state index is 0.00130. The van der Waals surface area contributed by atoms with Crippen molar-refractivity contribution in [2.24, 2.45) is 5.92 Å². The van der Waals surface area contributed by atoms with E-state index in [1.807, 2.05) is 36.4 Å². The third-order valence-corrected chi connectivity index (χ3v) is 12.9. The van der Waals surface area contributed by atoms with Gasteiger partial charge in [-0.05, 0) is 79.4 Å². The average molecular weight is 657 g/mol. The number of hydrogen-bond donors (Lipinski definition) is 3. The number of ketones is 1. The zero-order valence-corrected chi connectivity index (χ0v) is 26.4. The quantitative estimate of drug-likeness (QED) is 0.114. The van der Waals surface area contributed by atoms with E-state index in [2.05, 4.69) is 0 Å². The summed E-state index contributed by atoms with van der Waals surface area (Å²) < 4.78 is 0.